The van der Waals surface area contributed by atoms with Gasteiger partial charge in [0, 0.05) is 53.2 Å². The summed E-state index contributed by atoms with van der Waals surface area (Å²) in [5.41, 5.74) is 6.94. The van der Waals surface area contributed by atoms with Crippen LogP contribution in [-0.2, 0) is 0 Å². The van der Waals surface area contributed by atoms with Crippen LogP contribution >= 0.6 is 11.3 Å². The summed E-state index contributed by atoms with van der Waals surface area (Å²) in [6.07, 6.45) is -0.366. The van der Waals surface area contributed by atoms with Crippen LogP contribution in [0.3, 0.4) is 0 Å². The third-order valence-corrected chi connectivity index (χ3v) is 12.5. The number of hydrogen-bond acceptors (Lipinski definition) is 5. The van der Waals surface area contributed by atoms with E-state index in [2.05, 4.69) is 181 Å². The van der Waals surface area contributed by atoms with E-state index in [1.807, 2.05) is 11.3 Å². The molecule has 1 N–H and O–H groups in total. The van der Waals surface area contributed by atoms with Gasteiger partial charge in [0.1, 0.15) is 23.2 Å². The number of rotatable bonds is 4. The van der Waals surface area contributed by atoms with Crippen molar-refractivity contribution in [3.05, 3.63) is 193 Å². The first kappa shape index (κ1) is 31.3. The molecule has 1 aliphatic rings. The lowest BCUT2D eigenvalue weighted by molar-refractivity contribution is 0.669. The SMILES string of the molecule is c1ccc2cc(C3=NC(c4ccc5ccccc5c4)NC(c4ccc(-c5cccc6c5sc5ccccc56)c5oc6cc7ccccc7cc6c45)=N3)ccc2c1. The zero-order chi connectivity index (χ0) is 36.7. The highest BCUT2D eigenvalue weighted by Gasteiger charge is 2.26. The monoisotopic (exact) mass is 733 g/mol. The molecule has 3 heterocycles. The van der Waals surface area contributed by atoms with Crippen LogP contribution in [0.1, 0.15) is 22.9 Å². The van der Waals surface area contributed by atoms with Gasteiger partial charge < -0.3 is 9.73 Å². The number of nitrogens with zero attached hydrogens (tertiary/aromatic N) is 2. The number of amidine groups is 2. The van der Waals surface area contributed by atoms with E-state index in [-0.39, 0.29) is 6.17 Å². The molecule has 5 heteroatoms. The van der Waals surface area contributed by atoms with Gasteiger partial charge in [-0.15, -0.1) is 11.3 Å². The lowest BCUT2D eigenvalue weighted by Crippen LogP contribution is -2.33. The molecule has 0 amide bonds. The fourth-order valence-corrected chi connectivity index (χ4v) is 9.76. The third kappa shape index (κ3) is 4.91. The Kier molecular flexibility index (Phi) is 6.83. The van der Waals surface area contributed by atoms with Crippen molar-refractivity contribution in [1.82, 2.24) is 5.32 Å². The number of furan rings is 1. The third-order valence-electron chi connectivity index (χ3n) is 11.3. The summed E-state index contributed by atoms with van der Waals surface area (Å²) in [4.78, 5) is 10.7. The van der Waals surface area contributed by atoms with Gasteiger partial charge in [-0.1, -0.05) is 133 Å². The fourth-order valence-electron chi connectivity index (χ4n) is 8.53. The number of fused-ring (bicyclic) bond motifs is 9. The van der Waals surface area contributed by atoms with E-state index < -0.39 is 0 Å². The van der Waals surface area contributed by atoms with Gasteiger partial charge in [-0.05, 0) is 80.3 Å². The molecule has 262 valence electrons. The molecule has 12 rings (SSSR count). The average molecular weight is 734 g/mol. The Bertz CT molecular complexity index is 3480. The average Bonchev–Trinajstić information content (AvgIpc) is 3.83. The van der Waals surface area contributed by atoms with Crippen molar-refractivity contribution in [3.63, 3.8) is 0 Å². The molecule has 1 atom stereocenters. The normalized spacial score (nSPS) is 14.6. The summed E-state index contributed by atoms with van der Waals surface area (Å²) in [7, 11) is 0. The summed E-state index contributed by atoms with van der Waals surface area (Å²) in [6.45, 7) is 0. The van der Waals surface area contributed by atoms with Crippen LogP contribution in [-0.4, -0.2) is 11.7 Å². The van der Waals surface area contributed by atoms with Gasteiger partial charge in [0.05, 0.1) is 0 Å². The van der Waals surface area contributed by atoms with Gasteiger partial charge in [-0.3, -0.25) is 0 Å². The Morgan fingerprint density at radius 2 is 1.16 bits per heavy atom. The second-order valence-electron chi connectivity index (χ2n) is 14.6. The minimum Gasteiger partial charge on any atom is -0.455 e. The van der Waals surface area contributed by atoms with Gasteiger partial charge in [0.25, 0.3) is 0 Å². The van der Waals surface area contributed by atoms with Crippen LogP contribution in [0.5, 0.6) is 0 Å². The van der Waals surface area contributed by atoms with E-state index in [0.717, 1.165) is 71.8 Å². The largest absolute Gasteiger partial charge is 0.455 e. The summed E-state index contributed by atoms with van der Waals surface area (Å²) in [5.74, 6) is 1.45. The molecule has 0 saturated heterocycles. The van der Waals surface area contributed by atoms with Gasteiger partial charge in [0.15, 0.2) is 5.84 Å². The molecule has 0 bridgehead atoms. The Balaban J connectivity index is 1.11. The molecule has 0 fully saturated rings. The van der Waals surface area contributed by atoms with Crippen LogP contribution in [0.15, 0.2) is 190 Å². The Morgan fingerprint density at radius 3 is 1.98 bits per heavy atom. The van der Waals surface area contributed by atoms with Gasteiger partial charge >= 0.3 is 0 Å². The molecule has 0 aliphatic carbocycles. The van der Waals surface area contributed by atoms with E-state index in [1.54, 1.807) is 0 Å². The molecule has 1 unspecified atom stereocenters. The quantitative estimate of drug-likeness (QED) is 0.196. The number of benzene rings is 9. The van der Waals surface area contributed by atoms with Crippen LogP contribution in [0.2, 0.25) is 0 Å². The van der Waals surface area contributed by atoms with E-state index in [4.69, 9.17) is 14.4 Å². The van der Waals surface area contributed by atoms with E-state index in [9.17, 15) is 0 Å². The topological polar surface area (TPSA) is 49.9 Å². The molecule has 0 radical (unpaired) electrons. The van der Waals surface area contributed by atoms with Gasteiger partial charge in [-0.2, -0.15) is 0 Å². The Morgan fingerprint density at radius 1 is 0.500 bits per heavy atom. The molecule has 0 spiro atoms. The second kappa shape index (κ2) is 12.2. The summed E-state index contributed by atoms with van der Waals surface area (Å²) < 4.78 is 9.54. The first-order valence-electron chi connectivity index (χ1n) is 18.9. The number of hydrogen-bond donors (Lipinski definition) is 1. The van der Waals surface area contributed by atoms with Crippen molar-refractivity contribution in [2.24, 2.45) is 9.98 Å². The summed E-state index contributed by atoms with van der Waals surface area (Å²) in [5, 5.41) is 15.4. The Labute approximate surface area is 325 Å². The van der Waals surface area contributed by atoms with Crippen LogP contribution < -0.4 is 5.32 Å². The molecular formula is C51H31N3OS. The van der Waals surface area contributed by atoms with Crippen LogP contribution in [0.4, 0.5) is 0 Å². The zero-order valence-electron chi connectivity index (χ0n) is 30.0. The van der Waals surface area contributed by atoms with Crippen molar-refractivity contribution in [2.75, 3.05) is 0 Å². The molecule has 56 heavy (non-hydrogen) atoms. The summed E-state index contributed by atoms with van der Waals surface area (Å²) >= 11 is 1.84. The molecule has 4 nitrogen and oxygen atoms in total. The molecule has 1 aliphatic heterocycles. The van der Waals surface area contributed by atoms with E-state index >= 15 is 0 Å². The highest BCUT2D eigenvalue weighted by Crippen LogP contribution is 2.45. The van der Waals surface area contributed by atoms with Crippen molar-refractivity contribution >= 4 is 97.4 Å². The standard InChI is InChI=1S/C51H31N3OS/c1-3-12-32-26-36(22-20-30(32)10-1)49-52-50(37-23-21-31-11-2-4-13-33(31)27-37)54-51(53-49)42-25-24-39(41-18-9-17-40-38-16-7-8-19-45(38)56-48(40)41)47-46(42)43-28-34-14-5-6-15-35(34)29-44(43)55-47/h1-29,49H,(H,52,53,54). The van der Waals surface area contributed by atoms with Gasteiger partial charge in [-0.25, -0.2) is 9.98 Å². The Hall–Kier alpha value is -7.08. The smallest absolute Gasteiger partial charge is 0.159 e. The van der Waals surface area contributed by atoms with Crippen LogP contribution in [0, 0.1) is 0 Å². The number of thiophene rings is 1. The lowest BCUT2D eigenvalue weighted by Gasteiger charge is -2.24. The minimum atomic E-state index is -0.366. The highest BCUT2D eigenvalue weighted by molar-refractivity contribution is 7.26. The zero-order valence-corrected chi connectivity index (χ0v) is 30.8. The molecular weight excluding hydrogens is 703 g/mol. The van der Waals surface area contributed by atoms with Crippen molar-refractivity contribution in [2.45, 2.75) is 6.17 Å². The maximum Gasteiger partial charge on any atom is 0.159 e. The molecule has 2 aromatic heterocycles. The number of aliphatic imine (C=N–C) groups is 2. The predicted octanol–water partition coefficient (Wildman–Crippen LogP) is 13.6. The first-order valence-corrected chi connectivity index (χ1v) is 19.7. The van der Waals surface area contributed by atoms with Gasteiger partial charge in [0.2, 0.25) is 0 Å². The van der Waals surface area contributed by atoms with E-state index in [0.29, 0.717) is 5.84 Å². The number of nitrogens with one attached hydrogen (secondary N) is 1. The molecule has 9 aromatic carbocycles. The highest BCUT2D eigenvalue weighted by atomic mass is 32.1. The van der Waals surface area contributed by atoms with Crippen molar-refractivity contribution in [1.29, 1.82) is 0 Å². The van der Waals surface area contributed by atoms with Crippen molar-refractivity contribution in [3.8, 4) is 11.1 Å². The second-order valence-corrected chi connectivity index (χ2v) is 15.6. The molecule has 11 aromatic rings. The predicted molar refractivity (Wildman–Crippen MR) is 236 cm³/mol. The van der Waals surface area contributed by atoms with Crippen molar-refractivity contribution < 1.29 is 4.42 Å². The lowest BCUT2D eigenvalue weighted by atomic mass is 9.95. The summed E-state index contributed by atoms with van der Waals surface area (Å²) in [6, 6.07) is 62.7. The maximum absolute atomic E-state index is 7.01. The molecule has 0 saturated carbocycles. The maximum atomic E-state index is 7.01. The minimum absolute atomic E-state index is 0.366. The fraction of sp³-hybridized carbons (Fsp3) is 0.0196. The van der Waals surface area contributed by atoms with Crippen LogP contribution in [0.25, 0.3) is 85.6 Å². The first-order chi connectivity index (χ1) is 27.7. The van der Waals surface area contributed by atoms with E-state index in [1.165, 1.54) is 36.3 Å².